The third-order valence-electron chi connectivity index (χ3n) is 4.45. The zero-order valence-corrected chi connectivity index (χ0v) is 19.1. The summed E-state index contributed by atoms with van der Waals surface area (Å²) >= 11 is 0. The van der Waals surface area contributed by atoms with Gasteiger partial charge in [-0.1, -0.05) is 18.2 Å². The lowest BCUT2D eigenvalue weighted by molar-refractivity contribution is -0.116. The lowest BCUT2D eigenvalue weighted by Gasteiger charge is -2.22. The van der Waals surface area contributed by atoms with Crippen molar-refractivity contribution in [3.63, 3.8) is 0 Å². The van der Waals surface area contributed by atoms with Crippen molar-refractivity contribution in [3.8, 4) is 0 Å². The van der Waals surface area contributed by atoms with Gasteiger partial charge in [-0.2, -0.15) is 0 Å². The van der Waals surface area contributed by atoms with E-state index in [2.05, 4.69) is 5.32 Å². The van der Waals surface area contributed by atoms with E-state index in [0.29, 0.717) is 23.5 Å². The highest BCUT2D eigenvalue weighted by molar-refractivity contribution is 7.92. The summed E-state index contributed by atoms with van der Waals surface area (Å²) in [4.78, 5) is 12.3. The lowest BCUT2D eigenvalue weighted by atomic mass is 10.2. The molecule has 0 fully saturated rings. The van der Waals surface area contributed by atoms with Crippen LogP contribution in [0.15, 0.2) is 48.5 Å². The van der Waals surface area contributed by atoms with Gasteiger partial charge in [0, 0.05) is 25.7 Å². The molecule has 2 rings (SSSR count). The highest BCUT2D eigenvalue weighted by Gasteiger charge is 2.18. The highest BCUT2D eigenvalue weighted by atomic mass is 32.2. The summed E-state index contributed by atoms with van der Waals surface area (Å²) in [5.41, 5.74) is 2.40. The summed E-state index contributed by atoms with van der Waals surface area (Å²) < 4.78 is 50.1. The fourth-order valence-corrected chi connectivity index (χ4v) is 4.30. The van der Waals surface area contributed by atoms with Crippen molar-refractivity contribution >= 4 is 43.0 Å². The van der Waals surface area contributed by atoms with E-state index in [4.69, 9.17) is 0 Å². The number of rotatable bonds is 9. The molecule has 1 amide bonds. The minimum absolute atomic E-state index is 0.115. The fraction of sp³-hybridized carbons (Fsp3) is 0.350. The van der Waals surface area contributed by atoms with Gasteiger partial charge in [0.25, 0.3) is 0 Å². The van der Waals surface area contributed by atoms with Crippen molar-refractivity contribution in [2.45, 2.75) is 19.8 Å². The Hall–Kier alpha value is -2.59. The maximum Gasteiger partial charge on any atom is 0.232 e. The molecule has 0 unspecified atom stereocenters. The van der Waals surface area contributed by atoms with Crippen LogP contribution in [0.5, 0.6) is 0 Å². The Bertz CT molecular complexity index is 1110. The van der Waals surface area contributed by atoms with Gasteiger partial charge < -0.3 is 5.32 Å². The normalized spacial score (nSPS) is 11.7. The van der Waals surface area contributed by atoms with Crippen molar-refractivity contribution in [3.05, 3.63) is 54.1 Å². The van der Waals surface area contributed by atoms with E-state index in [1.54, 1.807) is 42.5 Å². The number of carbonyl (C=O) groups excluding carboxylic acids is 1. The summed E-state index contributed by atoms with van der Waals surface area (Å²) in [7, 11) is -5.46. The van der Waals surface area contributed by atoms with Crippen LogP contribution in [0.3, 0.4) is 0 Å². The summed E-state index contributed by atoms with van der Waals surface area (Å²) in [6.45, 7) is 2.05. The monoisotopic (exact) mass is 453 g/mol. The van der Waals surface area contributed by atoms with Crippen LogP contribution < -0.4 is 13.9 Å². The molecule has 0 aliphatic heterocycles. The summed E-state index contributed by atoms with van der Waals surface area (Å²) in [5.74, 6) is -0.285. The molecule has 30 heavy (non-hydrogen) atoms. The molecular formula is C20H27N3O5S2. The molecule has 0 bridgehead atoms. The summed E-state index contributed by atoms with van der Waals surface area (Å²) in [6, 6.07) is 13.7. The second-order valence-corrected chi connectivity index (χ2v) is 11.0. The van der Waals surface area contributed by atoms with Crippen LogP contribution in [-0.2, 0) is 24.8 Å². The van der Waals surface area contributed by atoms with E-state index >= 15 is 0 Å². The summed E-state index contributed by atoms with van der Waals surface area (Å²) in [5, 5.41) is 2.72. The fourth-order valence-electron chi connectivity index (χ4n) is 2.85. The maximum atomic E-state index is 12.3. The zero-order chi connectivity index (χ0) is 22.5. The first-order valence-corrected chi connectivity index (χ1v) is 13.0. The Balaban J connectivity index is 2.00. The molecule has 0 aliphatic rings. The van der Waals surface area contributed by atoms with Gasteiger partial charge in [-0.25, -0.2) is 16.8 Å². The van der Waals surface area contributed by atoms with Gasteiger partial charge in [-0.15, -0.1) is 0 Å². The van der Waals surface area contributed by atoms with Crippen LogP contribution in [0.2, 0.25) is 0 Å². The number of anilines is 3. The number of hydrogen-bond donors (Lipinski definition) is 1. The molecule has 0 radical (unpaired) electrons. The molecule has 0 saturated carbocycles. The number of benzene rings is 2. The first-order valence-electron chi connectivity index (χ1n) is 9.26. The molecule has 0 aromatic heterocycles. The number of aryl methyl sites for hydroxylation is 1. The first kappa shape index (κ1) is 23.7. The average molecular weight is 454 g/mol. The molecule has 0 heterocycles. The van der Waals surface area contributed by atoms with E-state index < -0.39 is 20.0 Å². The van der Waals surface area contributed by atoms with Gasteiger partial charge in [-0.3, -0.25) is 13.4 Å². The molecule has 0 saturated heterocycles. The molecule has 164 valence electrons. The second-order valence-electron chi connectivity index (χ2n) is 7.11. The lowest BCUT2D eigenvalue weighted by Crippen LogP contribution is -2.31. The quantitative estimate of drug-likeness (QED) is 0.628. The van der Waals surface area contributed by atoms with Crippen LogP contribution in [-0.4, -0.2) is 48.8 Å². The van der Waals surface area contributed by atoms with Crippen molar-refractivity contribution < 1.29 is 21.6 Å². The Morgan fingerprint density at radius 2 is 1.57 bits per heavy atom. The number of nitrogens with one attached hydrogen (secondary N) is 1. The standard InChI is InChI=1S/C20H27N3O5S2/c1-16-8-5-11-19(14-16)23(30(4,27)28)13-7-12-20(24)21-17-9-6-10-18(15-17)22(2)29(3,25)26/h5-6,8-11,14-15H,7,12-13H2,1-4H3,(H,21,24). The van der Waals surface area contributed by atoms with Gasteiger partial charge in [0.05, 0.1) is 23.9 Å². The van der Waals surface area contributed by atoms with E-state index in [1.807, 2.05) is 13.0 Å². The Labute approximate surface area is 178 Å². The first-order chi connectivity index (χ1) is 13.9. The van der Waals surface area contributed by atoms with E-state index in [1.165, 1.54) is 11.4 Å². The smallest absolute Gasteiger partial charge is 0.232 e. The van der Waals surface area contributed by atoms with E-state index in [-0.39, 0.29) is 18.9 Å². The molecule has 2 aromatic rings. The number of sulfonamides is 2. The predicted octanol–water partition coefficient (Wildman–Crippen LogP) is 2.58. The van der Waals surface area contributed by atoms with Crippen LogP contribution >= 0.6 is 0 Å². The predicted molar refractivity (Wildman–Crippen MR) is 121 cm³/mol. The molecule has 0 atom stereocenters. The van der Waals surface area contributed by atoms with Crippen LogP contribution in [0, 0.1) is 6.92 Å². The third kappa shape index (κ3) is 6.74. The minimum Gasteiger partial charge on any atom is -0.326 e. The Morgan fingerprint density at radius 3 is 2.17 bits per heavy atom. The minimum atomic E-state index is -3.48. The van der Waals surface area contributed by atoms with Gasteiger partial charge in [0.2, 0.25) is 26.0 Å². The molecule has 8 nitrogen and oxygen atoms in total. The molecule has 10 heteroatoms. The average Bonchev–Trinajstić information content (AvgIpc) is 2.63. The largest absolute Gasteiger partial charge is 0.326 e. The Morgan fingerprint density at radius 1 is 0.933 bits per heavy atom. The van der Waals surface area contributed by atoms with Crippen LogP contribution in [0.1, 0.15) is 18.4 Å². The van der Waals surface area contributed by atoms with Crippen molar-refractivity contribution in [1.82, 2.24) is 0 Å². The second kappa shape index (κ2) is 9.48. The van der Waals surface area contributed by atoms with Crippen molar-refractivity contribution in [2.75, 3.05) is 40.0 Å². The van der Waals surface area contributed by atoms with E-state index in [0.717, 1.165) is 22.4 Å². The number of nitrogens with zero attached hydrogens (tertiary/aromatic N) is 2. The molecule has 0 aliphatic carbocycles. The van der Waals surface area contributed by atoms with Gasteiger partial charge in [-0.05, 0) is 49.2 Å². The highest BCUT2D eigenvalue weighted by Crippen LogP contribution is 2.22. The van der Waals surface area contributed by atoms with Gasteiger partial charge in [0.15, 0.2) is 0 Å². The molecule has 2 aromatic carbocycles. The van der Waals surface area contributed by atoms with Gasteiger partial charge >= 0.3 is 0 Å². The summed E-state index contributed by atoms with van der Waals surface area (Å²) in [6.07, 6.45) is 2.68. The van der Waals surface area contributed by atoms with Gasteiger partial charge in [0.1, 0.15) is 0 Å². The maximum absolute atomic E-state index is 12.3. The van der Waals surface area contributed by atoms with Crippen LogP contribution in [0.4, 0.5) is 17.1 Å². The van der Waals surface area contributed by atoms with E-state index in [9.17, 15) is 21.6 Å². The molecule has 1 N–H and O–H groups in total. The number of amides is 1. The topological polar surface area (TPSA) is 104 Å². The zero-order valence-electron chi connectivity index (χ0n) is 17.5. The van der Waals surface area contributed by atoms with Crippen molar-refractivity contribution in [2.24, 2.45) is 0 Å². The SMILES string of the molecule is Cc1cccc(N(CCCC(=O)Nc2cccc(N(C)S(C)(=O)=O)c2)S(C)(=O)=O)c1. The molecule has 0 spiro atoms. The number of carbonyl (C=O) groups is 1. The Kier molecular flexibility index (Phi) is 7.49. The number of hydrogen-bond acceptors (Lipinski definition) is 5. The molecular weight excluding hydrogens is 426 g/mol. The van der Waals surface area contributed by atoms with Crippen LogP contribution in [0.25, 0.3) is 0 Å². The third-order valence-corrected chi connectivity index (χ3v) is 6.85. The van der Waals surface area contributed by atoms with Crippen molar-refractivity contribution in [1.29, 1.82) is 0 Å².